The zero-order valence-corrected chi connectivity index (χ0v) is 13.3. The predicted octanol–water partition coefficient (Wildman–Crippen LogP) is 2.87. The number of carbonyl (C=O) groups excluding carboxylic acids is 1. The highest BCUT2D eigenvalue weighted by Gasteiger charge is 2.27. The van der Waals surface area contributed by atoms with Gasteiger partial charge in [-0.1, -0.05) is 6.92 Å². The smallest absolute Gasteiger partial charge is 0.409 e. The fourth-order valence-corrected chi connectivity index (χ4v) is 3.35. The maximum absolute atomic E-state index is 11.8. The number of amides is 1. The number of aromatic nitrogens is 1. The standard InChI is InChI=1S/C17H20N2O4/c1-3-7-19-14-5-4-11(16(20)21)9-12(14)13-10-18(17(22)23-2)8-6-15(13)19/h4-5,9H,3,6-8,10H2,1-2H3,(H,20,21). The second kappa shape index (κ2) is 5.95. The van der Waals surface area contributed by atoms with Gasteiger partial charge in [-0.3, -0.25) is 0 Å². The molecule has 3 rings (SSSR count). The monoisotopic (exact) mass is 316 g/mol. The third-order valence-corrected chi connectivity index (χ3v) is 4.38. The Kier molecular flexibility index (Phi) is 3.98. The van der Waals surface area contributed by atoms with Crippen molar-refractivity contribution in [3.05, 3.63) is 35.0 Å². The minimum absolute atomic E-state index is 0.268. The number of nitrogens with zero attached hydrogens (tertiary/aromatic N) is 2. The van der Waals surface area contributed by atoms with Crippen LogP contribution in [0, 0.1) is 0 Å². The number of hydrogen-bond acceptors (Lipinski definition) is 3. The van der Waals surface area contributed by atoms with Crippen LogP contribution in [0.2, 0.25) is 0 Å². The number of carbonyl (C=O) groups is 2. The first-order chi connectivity index (χ1) is 11.1. The maximum atomic E-state index is 11.8. The van der Waals surface area contributed by atoms with Crippen LogP contribution in [-0.2, 0) is 24.2 Å². The quantitative estimate of drug-likeness (QED) is 0.945. The number of hydrogen-bond donors (Lipinski definition) is 1. The molecule has 1 N–H and O–H groups in total. The summed E-state index contributed by atoms with van der Waals surface area (Å²) in [5.41, 5.74) is 3.54. The van der Waals surface area contributed by atoms with Crippen molar-refractivity contribution in [2.45, 2.75) is 32.9 Å². The maximum Gasteiger partial charge on any atom is 0.409 e. The van der Waals surface area contributed by atoms with Gasteiger partial charge in [-0.2, -0.15) is 0 Å². The number of methoxy groups -OCH3 is 1. The van der Waals surface area contributed by atoms with Crippen LogP contribution < -0.4 is 0 Å². The van der Waals surface area contributed by atoms with Crippen molar-refractivity contribution in [1.82, 2.24) is 9.47 Å². The van der Waals surface area contributed by atoms with Crippen LogP contribution in [0.15, 0.2) is 18.2 Å². The van der Waals surface area contributed by atoms with Crippen molar-refractivity contribution in [2.75, 3.05) is 13.7 Å². The lowest BCUT2D eigenvalue weighted by atomic mass is 10.0. The molecule has 1 aromatic heterocycles. The highest BCUT2D eigenvalue weighted by Crippen LogP contribution is 2.32. The molecule has 122 valence electrons. The van der Waals surface area contributed by atoms with Crippen LogP contribution in [0.1, 0.15) is 35.0 Å². The van der Waals surface area contributed by atoms with Crippen LogP contribution in [-0.4, -0.2) is 40.3 Å². The first-order valence-corrected chi connectivity index (χ1v) is 7.77. The topological polar surface area (TPSA) is 71.8 Å². The van der Waals surface area contributed by atoms with Crippen molar-refractivity contribution in [2.24, 2.45) is 0 Å². The molecular formula is C17H20N2O4. The van der Waals surface area contributed by atoms with Crippen LogP contribution in [0.4, 0.5) is 4.79 Å². The SMILES string of the molecule is CCCn1c2c(c3cc(C(=O)O)ccc31)CN(C(=O)OC)CC2. The van der Waals surface area contributed by atoms with Crippen LogP contribution in [0.5, 0.6) is 0 Å². The second-order valence-corrected chi connectivity index (χ2v) is 5.76. The number of carboxylic acid groups (broad SMARTS) is 1. The van der Waals surface area contributed by atoms with Gasteiger partial charge in [-0.25, -0.2) is 9.59 Å². The molecule has 0 saturated heterocycles. The number of ether oxygens (including phenoxy) is 1. The number of carboxylic acids is 1. The molecule has 1 amide bonds. The fourth-order valence-electron chi connectivity index (χ4n) is 3.35. The van der Waals surface area contributed by atoms with Crippen molar-refractivity contribution < 1.29 is 19.4 Å². The minimum Gasteiger partial charge on any atom is -0.478 e. The van der Waals surface area contributed by atoms with E-state index >= 15 is 0 Å². The molecule has 6 nitrogen and oxygen atoms in total. The summed E-state index contributed by atoms with van der Waals surface area (Å²) in [6.07, 6.45) is 1.40. The van der Waals surface area contributed by atoms with E-state index in [1.165, 1.54) is 12.8 Å². The highest BCUT2D eigenvalue weighted by atomic mass is 16.5. The van der Waals surface area contributed by atoms with Gasteiger partial charge in [0.15, 0.2) is 0 Å². The molecule has 0 radical (unpaired) electrons. The number of aromatic carboxylic acids is 1. The van der Waals surface area contributed by atoms with Gasteiger partial charge in [0.05, 0.1) is 19.2 Å². The van der Waals surface area contributed by atoms with Crippen molar-refractivity contribution in [3.63, 3.8) is 0 Å². The van der Waals surface area contributed by atoms with Gasteiger partial charge < -0.3 is 19.3 Å². The van der Waals surface area contributed by atoms with E-state index in [-0.39, 0.29) is 11.7 Å². The molecule has 0 fully saturated rings. The normalized spacial score (nSPS) is 13.9. The molecule has 0 aliphatic carbocycles. The summed E-state index contributed by atoms with van der Waals surface area (Å²) in [4.78, 5) is 24.8. The van der Waals surface area contributed by atoms with E-state index in [1.807, 2.05) is 6.07 Å². The Morgan fingerprint density at radius 2 is 2.13 bits per heavy atom. The molecule has 0 spiro atoms. The van der Waals surface area contributed by atoms with Gasteiger partial charge in [0, 0.05) is 41.7 Å². The van der Waals surface area contributed by atoms with E-state index in [1.54, 1.807) is 17.0 Å². The van der Waals surface area contributed by atoms with E-state index < -0.39 is 5.97 Å². The summed E-state index contributed by atoms with van der Waals surface area (Å²) >= 11 is 0. The van der Waals surface area contributed by atoms with Gasteiger partial charge in [-0.05, 0) is 24.6 Å². The summed E-state index contributed by atoms with van der Waals surface area (Å²) in [6.45, 7) is 4.08. The molecule has 2 heterocycles. The van der Waals surface area contributed by atoms with E-state index in [9.17, 15) is 14.7 Å². The second-order valence-electron chi connectivity index (χ2n) is 5.76. The molecular weight excluding hydrogens is 296 g/mol. The van der Waals surface area contributed by atoms with Gasteiger partial charge in [0.25, 0.3) is 0 Å². The summed E-state index contributed by atoms with van der Waals surface area (Å²) in [5.74, 6) is -0.940. The molecule has 2 aromatic rings. The summed E-state index contributed by atoms with van der Waals surface area (Å²) < 4.78 is 7.07. The Labute approximate surface area is 134 Å². The Hall–Kier alpha value is -2.50. The Morgan fingerprint density at radius 1 is 1.35 bits per heavy atom. The molecule has 1 aromatic carbocycles. The Morgan fingerprint density at radius 3 is 2.78 bits per heavy atom. The highest BCUT2D eigenvalue weighted by molar-refractivity contribution is 5.95. The first-order valence-electron chi connectivity index (χ1n) is 7.77. The summed E-state index contributed by atoms with van der Waals surface area (Å²) in [6, 6.07) is 5.22. The lowest BCUT2D eigenvalue weighted by Gasteiger charge is -2.27. The van der Waals surface area contributed by atoms with Crippen LogP contribution >= 0.6 is 0 Å². The molecule has 0 bridgehead atoms. The number of benzene rings is 1. The van der Waals surface area contributed by atoms with Crippen LogP contribution in [0.3, 0.4) is 0 Å². The molecule has 6 heteroatoms. The fraction of sp³-hybridized carbons (Fsp3) is 0.412. The van der Waals surface area contributed by atoms with E-state index in [0.29, 0.717) is 13.1 Å². The Bertz CT molecular complexity index is 778. The minimum atomic E-state index is -0.940. The molecule has 0 atom stereocenters. The molecule has 1 aliphatic heterocycles. The first kappa shape index (κ1) is 15.4. The van der Waals surface area contributed by atoms with E-state index in [4.69, 9.17) is 4.74 Å². The van der Waals surface area contributed by atoms with Gasteiger partial charge in [0.1, 0.15) is 0 Å². The van der Waals surface area contributed by atoms with Crippen LogP contribution in [0.25, 0.3) is 10.9 Å². The molecule has 1 aliphatic rings. The Balaban J connectivity index is 2.15. The lowest BCUT2D eigenvalue weighted by Crippen LogP contribution is -2.36. The van der Waals surface area contributed by atoms with Gasteiger partial charge in [0.2, 0.25) is 0 Å². The molecule has 0 saturated carbocycles. The van der Waals surface area contributed by atoms with Gasteiger partial charge >= 0.3 is 12.1 Å². The number of rotatable bonds is 3. The van der Waals surface area contributed by atoms with Crippen molar-refractivity contribution in [1.29, 1.82) is 0 Å². The largest absolute Gasteiger partial charge is 0.478 e. The summed E-state index contributed by atoms with van der Waals surface area (Å²) in [5, 5.41) is 10.2. The molecule has 23 heavy (non-hydrogen) atoms. The summed E-state index contributed by atoms with van der Waals surface area (Å²) in [7, 11) is 1.38. The third-order valence-electron chi connectivity index (χ3n) is 4.38. The third kappa shape index (κ3) is 2.54. The van der Waals surface area contributed by atoms with Gasteiger partial charge in [-0.15, -0.1) is 0 Å². The lowest BCUT2D eigenvalue weighted by molar-refractivity contribution is 0.0697. The van der Waals surface area contributed by atoms with E-state index in [0.717, 1.165) is 35.9 Å². The van der Waals surface area contributed by atoms with E-state index in [2.05, 4.69) is 11.5 Å². The zero-order chi connectivity index (χ0) is 16.6. The average Bonchev–Trinajstić information content (AvgIpc) is 2.87. The predicted molar refractivity (Wildman–Crippen MR) is 85.7 cm³/mol. The average molecular weight is 316 g/mol. The molecule has 0 unspecified atom stereocenters. The van der Waals surface area contributed by atoms with Crippen molar-refractivity contribution >= 4 is 23.0 Å². The van der Waals surface area contributed by atoms with Crippen molar-refractivity contribution in [3.8, 4) is 0 Å². The number of fused-ring (bicyclic) bond motifs is 3. The zero-order valence-electron chi connectivity index (χ0n) is 13.3. The number of aryl methyl sites for hydroxylation is 1.